The van der Waals surface area contributed by atoms with Crippen molar-refractivity contribution in [2.75, 3.05) is 13.3 Å². The molecule has 4 nitrogen and oxygen atoms in total. The van der Waals surface area contributed by atoms with Gasteiger partial charge in [-0.3, -0.25) is 4.79 Å². The monoisotopic (exact) mass is 339 g/mol. The minimum Gasteiger partial charge on any atom is -0.340 e. The van der Waals surface area contributed by atoms with Gasteiger partial charge in [-0.25, -0.2) is 8.42 Å². The van der Waals surface area contributed by atoms with Gasteiger partial charge in [-0.1, -0.05) is 28.8 Å². The molecule has 0 aromatic rings. The highest BCUT2D eigenvalue weighted by molar-refractivity contribution is 9.09. The molecule has 0 spiro atoms. The van der Waals surface area contributed by atoms with Gasteiger partial charge in [0.2, 0.25) is 5.91 Å². The van der Waals surface area contributed by atoms with Gasteiger partial charge in [0.25, 0.3) is 0 Å². The second-order valence-corrected chi connectivity index (χ2v) is 9.31. The lowest BCUT2D eigenvalue weighted by molar-refractivity contribution is -0.134. The number of halogens is 1. The summed E-state index contributed by atoms with van der Waals surface area (Å²) >= 11 is 3.60. The molecule has 0 N–H and O–H groups in total. The number of rotatable bonds is 3. The third-order valence-corrected chi connectivity index (χ3v) is 7.00. The third-order valence-electron chi connectivity index (χ3n) is 3.91. The molecule has 1 aliphatic carbocycles. The van der Waals surface area contributed by atoms with Crippen molar-refractivity contribution in [3.63, 3.8) is 0 Å². The quantitative estimate of drug-likeness (QED) is 0.738. The topological polar surface area (TPSA) is 54.5 Å². The summed E-state index contributed by atoms with van der Waals surface area (Å²) in [6, 6.07) is 0.0901. The Kier molecular flexibility index (Phi) is 4.87. The van der Waals surface area contributed by atoms with Gasteiger partial charge in [0.1, 0.15) is 4.75 Å². The maximum absolute atomic E-state index is 12.4. The zero-order chi connectivity index (χ0) is 14.1. The highest BCUT2D eigenvalue weighted by Crippen LogP contribution is 2.30. The number of alkyl halides is 1. The van der Waals surface area contributed by atoms with E-state index in [0.29, 0.717) is 0 Å². The minimum absolute atomic E-state index is 0.0901. The van der Waals surface area contributed by atoms with Crippen molar-refractivity contribution in [3.05, 3.63) is 0 Å². The number of nitrogens with zero attached hydrogens (tertiary/aromatic N) is 1. The van der Waals surface area contributed by atoms with E-state index in [1.54, 1.807) is 11.9 Å². The Bertz CT molecular complexity index is 419. The van der Waals surface area contributed by atoms with Crippen molar-refractivity contribution >= 4 is 31.7 Å². The fourth-order valence-corrected chi connectivity index (χ4v) is 3.64. The van der Waals surface area contributed by atoms with E-state index in [4.69, 9.17) is 0 Å². The maximum atomic E-state index is 12.4. The number of amides is 1. The largest absolute Gasteiger partial charge is 0.340 e. The Hall–Kier alpha value is -0.100. The summed E-state index contributed by atoms with van der Waals surface area (Å²) < 4.78 is 22.1. The lowest BCUT2D eigenvalue weighted by Crippen LogP contribution is -2.54. The number of hydrogen-bond acceptors (Lipinski definition) is 3. The smallest absolute Gasteiger partial charge is 0.243 e. The van der Waals surface area contributed by atoms with E-state index in [-0.39, 0.29) is 16.8 Å². The minimum atomic E-state index is -3.41. The van der Waals surface area contributed by atoms with Crippen LogP contribution in [0.5, 0.6) is 0 Å². The summed E-state index contributed by atoms with van der Waals surface area (Å²) in [5.41, 5.74) is 0. The van der Waals surface area contributed by atoms with Gasteiger partial charge in [-0.05, 0) is 26.7 Å². The highest BCUT2D eigenvalue weighted by Gasteiger charge is 2.43. The van der Waals surface area contributed by atoms with Crippen molar-refractivity contribution in [3.8, 4) is 0 Å². The van der Waals surface area contributed by atoms with E-state index >= 15 is 0 Å². The van der Waals surface area contributed by atoms with E-state index in [0.717, 1.165) is 31.9 Å². The molecule has 0 saturated heterocycles. The van der Waals surface area contributed by atoms with Crippen LogP contribution in [0.2, 0.25) is 0 Å². The summed E-state index contributed by atoms with van der Waals surface area (Å²) in [4.78, 5) is 14.3. The van der Waals surface area contributed by atoms with Crippen molar-refractivity contribution in [2.45, 2.75) is 55.1 Å². The normalized spacial score (nSPS) is 25.8. The molecule has 0 radical (unpaired) electrons. The van der Waals surface area contributed by atoms with Gasteiger partial charge >= 0.3 is 0 Å². The lowest BCUT2D eigenvalue weighted by Gasteiger charge is -2.38. The number of sulfone groups is 1. The molecule has 2 unspecified atom stereocenters. The maximum Gasteiger partial charge on any atom is 0.243 e. The molecule has 1 amide bonds. The molecule has 2 atom stereocenters. The summed E-state index contributed by atoms with van der Waals surface area (Å²) in [5, 5.41) is 0. The molecular weight excluding hydrogens is 318 g/mol. The van der Waals surface area contributed by atoms with Crippen LogP contribution in [-0.4, -0.2) is 48.1 Å². The fourth-order valence-electron chi connectivity index (χ4n) is 2.24. The van der Waals surface area contributed by atoms with Crippen molar-refractivity contribution < 1.29 is 13.2 Å². The van der Waals surface area contributed by atoms with Crippen LogP contribution >= 0.6 is 15.9 Å². The predicted octanol–water partition coefficient (Wildman–Crippen LogP) is 1.97. The van der Waals surface area contributed by atoms with Crippen LogP contribution in [0.3, 0.4) is 0 Å². The molecular formula is C12H22BrNO3S. The molecule has 1 aliphatic rings. The first kappa shape index (κ1) is 16.0. The molecule has 0 aromatic carbocycles. The SMILES string of the molecule is CN(C(=O)C(C)(C)S(C)(=O)=O)C1CCCCC1Br. The average molecular weight is 340 g/mol. The van der Waals surface area contributed by atoms with E-state index in [1.165, 1.54) is 13.8 Å². The predicted molar refractivity (Wildman–Crippen MR) is 76.7 cm³/mol. The van der Waals surface area contributed by atoms with Crippen LogP contribution in [-0.2, 0) is 14.6 Å². The molecule has 0 aliphatic heterocycles. The second kappa shape index (κ2) is 5.49. The molecule has 0 heterocycles. The van der Waals surface area contributed by atoms with Gasteiger partial charge < -0.3 is 4.90 Å². The second-order valence-electron chi connectivity index (χ2n) is 5.57. The fraction of sp³-hybridized carbons (Fsp3) is 0.917. The van der Waals surface area contributed by atoms with E-state index < -0.39 is 14.6 Å². The zero-order valence-corrected chi connectivity index (χ0v) is 13.8. The Morgan fingerprint density at radius 2 is 1.78 bits per heavy atom. The number of carbonyl (C=O) groups excluding carboxylic acids is 1. The molecule has 18 heavy (non-hydrogen) atoms. The number of hydrogen-bond donors (Lipinski definition) is 0. The summed E-state index contributed by atoms with van der Waals surface area (Å²) in [5.74, 6) is -0.318. The van der Waals surface area contributed by atoms with Gasteiger partial charge in [-0.15, -0.1) is 0 Å². The molecule has 1 saturated carbocycles. The van der Waals surface area contributed by atoms with Crippen molar-refractivity contribution in [2.24, 2.45) is 0 Å². The standard InChI is InChI=1S/C12H22BrNO3S/c1-12(2,18(4,16)17)11(15)14(3)10-8-6-5-7-9(10)13/h9-10H,5-8H2,1-4H3. The van der Waals surface area contributed by atoms with Crippen LogP contribution in [0, 0.1) is 0 Å². The first-order valence-electron chi connectivity index (χ1n) is 6.20. The van der Waals surface area contributed by atoms with E-state index in [9.17, 15) is 13.2 Å². The Balaban J connectivity index is 2.90. The third kappa shape index (κ3) is 3.07. The van der Waals surface area contributed by atoms with Crippen molar-refractivity contribution in [1.82, 2.24) is 4.90 Å². The molecule has 1 rings (SSSR count). The Morgan fingerprint density at radius 3 is 2.22 bits per heavy atom. The van der Waals surface area contributed by atoms with Gasteiger partial charge in [-0.2, -0.15) is 0 Å². The average Bonchev–Trinajstić information content (AvgIpc) is 2.26. The van der Waals surface area contributed by atoms with Gasteiger partial charge in [0.15, 0.2) is 9.84 Å². The Morgan fingerprint density at radius 1 is 1.28 bits per heavy atom. The Labute approximate surface area is 118 Å². The zero-order valence-electron chi connectivity index (χ0n) is 11.4. The first-order valence-corrected chi connectivity index (χ1v) is 9.00. The summed E-state index contributed by atoms with van der Waals surface area (Å²) in [6.07, 6.45) is 5.32. The highest BCUT2D eigenvalue weighted by atomic mass is 79.9. The van der Waals surface area contributed by atoms with E-state index in [2.05, 4.69) is 15.9 Å². The summed E-state index contributed by atoms with van der Waals surface area (Å²) in [6.45, 7) is 2.96. The van der Waals surface area contributed by atoms with Crippen LogP contribution < -0.4 is 0 Å². The van der Waals surface area contributed by atoms with Crippen molar-refractivity contribution in [1.29, 1.82) is 0 Å². The van der Waals surface area contributed by atoms with Crippen LogP contribution in [0.1, 0.15) is 39.5 Å². The summed E-state index contributed by atoms with van der Waals surface area (Å²) in [7, 11) is -1.70. The van der Waals surface area contributed by atoms with Crippen LogP contribution in [0.15, 0.2) is 0 Å². The van der Waals surface area contributed by atoms with E-state index in [1.807, 2.05) is 0 Å². The molecule has 0 bridgehead atoms. The molecule has 1 fully saturated rings. The van der Waals surface area contributed by atoms with Gasteiger partial charge in [0, 0.05) is 24.2 Å². The first-order chi connectivity index (χ1) is 8.09. The lowest BCUT2D eigenvalue weighted by atomic mass is 9.93. The molecule has 106 valence electrons. The van der Waals surface area contributed by atoms with Gasteiger partial charge in [0.05, 0.1) is 0 Å². The molecule has 0 aromatic heterocycles. The number of carbonyl (C=O) groups is 1. The molecule has 6 heteroatoms. The van der Waals surface area contributed by atoms with Crippen LogP contribution in [0.4, 0.5) is 0 Å². The van der Waals surface area contributed by atoms with Crippen LogP contribution in [0.25, 0.3) is 0 Å².